The first-order valence-electron chi connectivity index (χ1n) is 8.14. The molecule has 25 heavy (non-hydrogen) atoms. The number of fused-ring (bicyclic) bond motifs is 1. The minimum atomic E-state index is -0.393. The van der Waals surface area contributed by atoms with Crippen molar-refractivity contribution in [3.63, 3.8) is 0 Å². The highest BCUT2D eigenvalue weighted by Gasteiger charge is 2.02. The summed E-state index contributed by atoms with van der Waals surface area (Å²) in [6.45, 7) is 4.29. The molecule has 0 aliphatic rings. The molecule has 0 aliphatic heterocycles. The van der Waals surface area contributed by atoms with Crippen molar-refractivity contribution in [1.29, 1.82) is 0 Å². The number of amides is 1. The Labute approximate surface area is 145 Å². The van der Waals surface area contributed by atoms with Crippen LogP contribution in [0.2, 0.25) is 0 Å². The second-order valence-corrected chi connectivity index (χ2v) is 6.15. The van der Waals surface area contributed by atoms with Gasteiger partial charge in [-0.25, -0.2) is 4.79 Å². The number of hydrogen-bond acceptors (Lipinski definition) is 3. The van der Waals surface area contributed by atoms with Gasteiger partial charge in [0.05, 0.1) is 0 Å². The lowest BCUT2D eigenvalue weighted by Gasteiger charge is -2.05. The van der Waals surface area contributed by atoms with Crippen LogP contribution in [0.5, 0.6) is 0 Å². The summed E-state index contributed by atoms with van der Waals surface area (Å²) in [5, 5.41) is 3.56. The van der Waals surface area contributed by atoms with Crippen LogP contribution < -0.4 is 10.9 Å². The quantitative estimate of drug-likeness (QED) is 0.562. The first kappa shape index (κ1) is 16.7. The fourth-order valence-electron chi connectivity index (χ4n) is 2.50. The van der Waals surface area contributed by atoms with Crippen molar-refractivity contribution in [1.82, 2.24) is 0 Å². The third kappa shape index (κ3) is 4.23. The van der Waals surface area contributed by atoms with Gasteiger partial charge in [-0.3, -0.25) is 4.79 Å². The molecule has 0 bridgehead atoms. The van der Waals surface area contributed by atoms with Crippen LogP contribution in [0.15, 0.2) is 69.9 Å². The molecular weight excluding hydrogens is 314 g/mol. The van der Waals surface area contributed by atoms with E-state index in [-0.39, 0.29) is 5.91 Å². The Balaban J connectivity index is 1.69. The molecule has 0 saturated carbocycles. The highest BCUT2D eigenvalue weighted by atomic mass is 16.4. The summed E-state index contributed by atoms with van der Waals surface area (Å²) < 4.78 is 5.07. The van der Waals surface area contributed by atoms with Crippen molar-refractivity contribution in [2.24, 2.45) is 0 Å². The summed E-state index contributed by atoms with van der Waals surface area (Å²) in [7, 11) is 0. The van der Waals surface area contributed by atoms with Crippen molar-refractivity contribution in [3.05, 3.63) is 82.2 Å². The summed E-state index contributed by atoms with van der Waals surface area (Å²) in [6.07, 6.45) is 3.28. The van der Waals surface area contributed by atoms with Gasteiger partial charge in [-0.05, 0) is 47.4 Å². The Hall–Kier alpha value is -3.14. The number of rotatable bonds is 4. The number of hydrogen-bond donors (Lipinski definition) is 1. The molecule has 4 heteroatoms. The van der Waals surface area contributed by atoms with Crippen LogP contribution in [-0.2, 0) is 4.79 Å². The largest absolute Gasteiger partial charge is 0.423 e. The zero-order valence-electron chi connectivity index (χ0n) is 14.2. The van der Waals surface area contributed by atoms with Crippen LogP contribution in [0.4, 0.5) is 5.69 Å². The van der Waals surface area contributed by atoms with Gasteiger partial charge in [0, 0.05) is 23.2 Å². The molecule has 1 heterocycles. The molecule has 3 rings (SSSR count). The number of anilines is 1. The summed E-state index contributed by atoms with van der Waals surface area (Å²) in [5.74, 6) is 0.267. The average Bonchev–Trinajstić information content (AvgIpc) is 2.60. The van der Waals surface area contributed by atoms with Gasteiger partial charge in [-0.2, -0.15) is 0 Å². The van der Waals surface area contributed by atoms with Crippen molar-refractivity contribution in [2.75, 3.05) is 5.32 Å². The molecule has 3 aromatic rings. The number of carbonyl (C=O) groups is 1. The first-order valence-corrected chi connectivity index (χ1v) is 8.14. The average molecular weight is 333 g/mol. The molecule has 0 atom stereocenters. The molecule has 0 spiro atoms. The van der Waals surface area contributed by atoms with E-state index in [9.17, 15) is 9.59 Å². The molecule has 1 aromatic heterocycles. The van der Waals surface area contributed by atoms with Crippen LogP contribution in [0, 0.1) is 0 Å². The minimum absolute atomic E-state index is 0.218. The maximum Gasteiger partial charge on any atom is 0.336 e. The van der Waals surface area contributed by atoms with Gasteiger partial charge < -0.3 is 9.73 Å². The Bertz CT molecular complexity index is 982. The molecule has 0 radical (unpaired) electrons. The zero-order chi connectivity index (χ0) is 17.8. The van der Waals surface area contributed by atoms with Crippen molar-refractivity contribution < 1.29 is 9.21 Å². The SMILES string of the molecule is CC(C)c1ccc(/C=C/C(=O)Nc2ccc3oc(=O)ccc3c2)cc1. The topological polar surface area (TPSA) is 59.3 Å². The lowest BCUT2D eigenvalue weighted by atomic mass is 10.0. The lowest BCUT2D eigenvalue weighted by molar-refractivity contribution is -0.111. The minimum Gasteiger partial charge on any atom is -0.423 e. The van der Waals surface area contributed by atoms with Gasteiger partial charge >= 0.3 is 5.63 Å². The molecule has 1 amide bonds. The maximum absolute atomic E-state index is 12.1. The monoisotopic (exact) mass is 333 g/mol. The Morgan fingerprint density at radius 1 is 1.04 bits per heavy atom. The standard InChI is InChI=1S/C21H19NO3/c1-14(2)16-6-3-15(4-7-16)5-11-20(23)22-18-9-10-19-17(13-18)8-12-21(24)25-19/h3-14H,1-2H3,(H,22,23)/b11-5+. The third-order valence-electron chi connectivity index (χ3n) is 3.92. The van der Waals surface area contributed by atoms with Gasteiger partial charge in [0.1, 0.15) is 5.58 Å². The van der Waals surface area contributed by atoms with Gasteiger partial charge in [-0.15, -0.1) is 0 Å². The second-order valence-electron chi connectivity index (χ2n) is 6.15. The van der Waals surface area contributed by atoms with E-state index in [2.05, 4.69) is 31.3 Å². The first-order chi connectivity index (χ1) is 12.0. The fourth-order valence-corrected chi connectivity index (χ4v) is 2.50. The number of benzene rings is 2. The molecule has 4 nitrogen and oxygen atoms in total. The van der Waals surface area contributed by atoms with Crippen LogP contribution in [-0.4, -0.2) is 5.91 Å². The van der Waals surface area contributed by atoms with Crippen LogP contribution >= 0.6 is 0 Å². The zero-order valence-corrected chi connectivity index (χ0v) is 14.2. The smallest absolute Gasteiger partial charge is 0.336 e. The van der Waals surface area contributed by atoms with E-state index in [1.165, 1.54) is 17.7 Å². The van der Waals surface area contributed by atoms with Crippen LogP contribution in [0.25, 0.3) is 17.0 Å². The van der Waals surface area contributed by atoms with Gasteiger partial charge in [0.15, 0.2) is 0 Å². The van der Waals surface area contributed by atoms with E-state index in [1.807, 2.05) is 12.1 Å². The van der Waals surface area contributed by atoms with Gasteiger partial charge in [0.2, 0.25) is 5.91 Å². The van der Waals surface area contributed by atoms with E-state index in [0.717, 1.165) is 10.9 Å². The van der Waals surface area contributed by atoms with E-state index in [0.29, 0.717) is 17.2 Å². The molecule has 126 valence electrons. The van der Waals surface area contributed by atoms with Crippen LogP contribution in [0.3, 0.4) is 0 Å². The normalized spacial score (nSPS) is 11.3. The molecule has 0 aliphatic carbocycles. The van der Waals surface area contributed by atoms with E-state index < -0.39 is 5.63 Å². The Kier molecular flexibility index (Phi) is 4.80. The predicted octanol–water partition coefficient (Wildman–Crippen LogP) is 4.57. The molecule has 0 fully saturated rings. The lowest BCUT2D eigenvalue weighted by Crippen LogP contribution is -2.07. The number of nitrogens with one attached hydrogen (secondary N) is 1. The Morgan fingerprint density at radius 2 is 1.80 bits per heavy atom. The molecule has 2 aromatic carbocycles. The maximum atomic E-state index is 12.1. The summed E-state index contributed by atoms with van der Waals surface area (Å²) >= 11 is 0. The van der Waals surface area contributed by atoms with Crippen molar-refractivity contribution >= 4 is 28.6 Å². The molecule has 0 saturated heterocycles. The Morgan fingerprint density at radius 3 is 2.52 bits per heavy atom. The van der Waals surface area contributed by atoms with Crippen molar-refractivity contribution in [2.45, 2.75) is 19.8 Å². The molecule has 0 unspecified atom stereocenters. The molecule has 1 N–H and O–H groups in total. The predicted molar refractivity (Wildman–Crippen MR) is 101 cm³/mol. The van der Waals surface area contributed by atoms with Crippen molar-refractivity contribution in [3.8, 4) is 0 Å². The number of carbonyl (C=O) groups excluding carboxylic acids is 1. The van der Waals surface area contributed by atoms with E-state index >= 15 is 0 Å². The van der Waals surface area contributed by atoms with E-state index in [1.54, 1.807) is 30.3 Å². The summed E-state index contributed by atoms with van der Waals surface area (Å²) in [5.41, 5.74) is 2.98. The van der Waals surface area contributed by atoms with Gasteiger partial charge in [0.25, 0.3) is 0 Å². The molecular formula is C21H19NO3. The second kappa shape index (κ2) is 7.18. The van der Waals surface area contributed by atoms with E-state index in [4.69, 9.17) is 4.42 Å². The van der Waals surface area contributed by atoms with Gasteiger partial charge in [-0.1, -0.05) is 38.1 Å². The summed E-state index contributed by atoms with van der Waals surface area (Å²) in [6, 6.07) is 16.3. The highest BCUT2D eigenvalue weighted by molar-refractivity contribution is 6.02. The summed E-state index contributed by atoms with van der Waals surface area (Å²) in [4.78, 5) is 23.3. The highest BCUT2D eigenvalue weighted by Crippen LogP contribution is 2.18. The third-order valence-corrected chi connectivity index (χ3v) is 3.92. The fraction of sp³-hybridized carbons (Fsp3) is 0.143. The van der Waals surface area contributed by atoms with Crippen LogP contribution in [0.1, 0.15) is 30.9 Å².